The van der Waals surface area contributed by atoms with Gasteiger partial charge in [0, 0.05) is 5.56 Å². The first-order chi connectivity index (χ1) is 8.58. The first-order valence-corrected chi connectivity index (χ1v) is 6.06. The van der Waals surface area contributed by atoms with Gasteiger partial charge >= 0.3 is 0 Å². The summed E-state index contributed by atoms with van der Waals surface area (Å²) in [6.45, 7) is 1.64. The summed E-state index contributed by atoms with van der Waals surface area (Å²) < 4.78 is 13.1. The number of rotatable bonds is 3. The number of carbonyl (C=O) groups excluding carboxylic acids is 1. The van der Waals surface area contributed by atoms with Gasteiger partial charge in [-0.25, -0.2) is 4.39 Å². The molecule has 0 saturated heterocycles. The van der Waals surface area contributed by atoms with E-state index in [2.05, 4.69) is 0 Å². The Morgan fingerprint density at radius 2 is 1.78 bits per heavy atom. The van der Waals surface area contributed by atoms with Gasteiger partial charge in [-0.15, -0.1) is 11.6 Å². The van der Waals surface area contributed by atoms with E-state index in [4.69, 9.17) is 11.6 Å². The number of ketones is 1. The number of carbonyl (C=O) groups is 1. The average Bonchev–Trinajstić information content (AvgIpc) is 2.38. The molecule has 1 unspecified atom stereocenters. The van der Waals surface area contributed by atoms with E-state index in [1.165, 1.54) is 12.1 Å². The topological polar surface area (TPSA) is 17.1 Å². The quantitative estimate of drug-likeness (QED) is 0.595. The van der Waals surface area contributed by atoms with Crippen molar-refractivity contribution in [2.45, 2.75) is 12.3 Å². The Morgan fingerprint density at radius 3 is 2.33 bits per heavy atom. The van der Waals surface area contributed by atoms with Crippen LogP contribution in [0.5, 0.6) is 0 Å². The lowest BCUT2D eigenvalue weighted by molar-refractivity contribution is 0.0992. The number of benzene rings is 2. The summed E-state index contributed by atoms with van der Waals surface area (Å²) in [7, 11) is 0. The third-order valence-corrected chi connectivity index (χ3v) is 2.89. The molecule has 0 aliphatic heterocycles. The largest absolute Gasteiger partial charge is 0.293 e. The van der Waals surface area contributed by atoms with Crippen LogP contribution in [0.15, 0.2) is 48.5 Å². The monoisotopic (exact) mass is 262 g/mol. The molecule has 0 N–H and O–H groups in total. The summed E-state index contributed by atoms with van der Waals surface area (Å²) >= 11 is 5.74. The van der Waals surface area contributed by atoms with Gasteiger partial charge < -0.3 is 0 Å². The highest BCUT2D eigenvalue weighted by molar-refractivity contribution is 6.33. The molecule has 0 aromatic heterocycles. The maximum Gasteiger partial charge on any atom is 0.180 e. The third kappa shape index (κ3) is 2.77. The van der Waals surface area contributed by atoms with Gasteiger partial charge in [0.1, 0.15) is 5.82 Å². The fourth-order valence-electron chi connectivity index (χ4n) is 1.72. The minimum absolute atomic E-state index is 0.109. The van der Waals surface area contributed by atoms with Crippen molar-refractivity contribution in [3.05, 3.63) is 59.9 Å². The van der Waals surface area contributed by atoms with Gasteiger partial charge in [0.15, 0.2) is 5.78 Å². The minimum Gasteiger partial charge on any atom is -0.293 e. The van der Waals surface area contributed by atoms with Crippen LogP contribution in [0.3, 0.4) is 0 Å². The van der Waals surface area contributed by atoms with E-state index in [0.717, 1.165) is 11.1 Å². The van der Waals surface area contributed by atoms with Crippen LogP contribution in [0.2, 0.25) is 0 Å². The zero-order chi connectivity index (χ0) is 13.1. The first kappa shape index (κ1) is 12.8. The predicted molar refractivity (Wildman–Crippen MR) is 71.5 cm³/mol. The molecule has 0 bridgehead atoms. The molecule has 0 saturated carbocycles. The van der Waals surface area contributed by atoms with Crippen molar-refractivity contribution in [2.24, 2.45) is 0 Å². The van der Waals surface area contributed by atoms with E-state index in [0.29, 0.717) is 5.56 Å². The highest BCUT2D eigenvalue weighted by Gasteiger charge is 2.11. The second kappa shape index (κ2) is 5.32. The van der Waals surface area contributed by atoms with Crippen molar-refractivity contribution in [1.29, 1.82) is 0 Å². The highest BCUT2D eigenvalue weighted by Crippen LogP contribution is 2.21. The second-order valence-corrected chi connectivity index (χ2v) is 4.72. The molecule has 18 heavy (non-hydrogen) atoms. The standard InChI is InChI=1S/C15H12ClFO/c1-10(16)15(18)12-7-5-11(6-8-12)13-3-2-4-14(17)9-13/h2-10H,1H3. The summed E-state index contributed by atoms with van der Waals surface area (Å²) in [6, 6.07) is 13.3. The van der Waals surface area contributed by atoms with Crippen molar-refractivity contribution in [1.82, 2.24) is 0 Å². The molecule has 0 spiro atoms. The molecule has 0 aliphatic rings. The van der Waals surface area contributed by atoms with Gasteiger partial charge in [0.25, 0.3) is 0 Å². The van der Waals surface area contributed by atoms with E-state index in [1.54, 1.807) is 37.3 Å². The van der Waals surface area contributed by atoms with E-state index >= 15 is 0 Å². The Labute approximate surface area is 110 Å². The molecule has 2 aromatic carbocycles. The van der Waals surface area contributed by atoms with Gasteiger partial charge in [-0.3, -0.25) is 4.79 Å². The van der Waals surface area contributed by atoms with E-state index in [-0.39, 0.29) is 11.6 Å². The van der Waals surface area contributed by atoms with Crippen molar-refractivity contribution in [3.8, 4) is 11.1 Å². The van der Waals surface area contributed by atoms with Crippen LogP contribution in [0.25, 0.3) is 11.1 Å². The lowest BCUT2D eigenvalue weighted by Gasteiger charge is -2.05. The Bertz CT molecular complexity index is 561. The van der Waals surface area contributed by atoms with Crippen LogP contribution in [0.4, 0.5) is 4.39 Å². The lowest BCUT2D eigenvalue weighted by Crippen LogP contribution is -2.09. The van der Waals surface area contributed by atoms with Gasteiger partial charge in [0.05, 0.1) is 5.38 Å². The molecule has 3 heteroatoms. The van der Waals surface area contributed by atoms with E-state index < -0.39 is 5.38 Å². The van der Waals surface area contributed by atoms with Gasteiger partial charge in [-0.05, 0) is 30.2 Å². The molecule has 0 heterocycles. The lowest BCUT2D eigenvalue weighted by atomic mass is 10.0. The Hall–Kier alpha value is -1.67. The maximum atomic E-state index is 13.1. The van der Waals surface area contributed by atoms with E-state index in [1.807, 2.05) is 6.07 Å². The predicted octanol–water partition coefficient (Wildman–Crippen LogP) is 4.30. The summed E-state index contributed by atoms with van der Waals surface area (Å²) in [5.74, 6) is -0.385. The Balaban J connectivity index is 2.30. The van der Waals surface area contributed by atoms with Gasteiger partial charge in [-0.2, -0.15) is 0 Å². The molecule has 2 aromatic rings. The second-order valence-electron chi connectivity index (χ2n) is 4.07. The zero-order valence-corrected chi connectivity index (χ0v) is 10.6. The number of halogens is 2. The molecular weight excluding hydrogens is 251 g/mol. The molecule has 92 valence electrons. The fraction of sp³-hybridized carbons (Fsp3) is 0.133. The Morgan fingerprint density at radius 1 is 1.11 bits per heavy atom. The third-order valence-electron chi connectivity index (χ3n) is 2.69. The molecule has 0 radical (unpaired) electrons. The van der Waals surface area contributed by atoms with Crippen molar-refractivity contribution in [2.75, 3.05) is 0 Å². The van der Waals surface area contributed by atoms with Gasteiger partial charge in [-0.1, -0.05) is 36.4 Å². The van der Waals surface area contributed by atoms with Crippen molar-refractivity contribution in [3.63, 3.8) is 0 Å². The molecule has 1 nitrogen and oxygen atoms in total. The van der Waals surface area contributed by atoms with Crippen LogP contribution >= 0.6 is 11.6 Å². The normalized spacial score (nSPS) is 12.2. The molecule has 0 amide bonds. The summed E-state index contributed by atoms with van der Waals surface area (Å²) in [5, 5.41) is -0.537. The van der Waals surface area contributed by atoms with Crippen LogP contribution in [0.1, 0.15) is 17.3 Å². The number of alkyl halides is 1. The van der Waals surface area contributed by atoms with Gasteiger partial charge in [0.2, 0.25) is 0 Å². The van der Waals surface area contributed by atoms with Crippen LogP contribution in [-0.4, -0.2) is 11.2 Å². The maximum absolute atomic E-state index is 13.1. The van der Waals surface area contributed by atoms with Crippen LogP contribution in [0, 0.1) is 5.82 Å². The van der Waals surface area contributed by atoms with Crippen molar-refractivity contribution < 1.29 is 9.18 Å². The average molecular weight is 263 g/mol. The highest BCUT2D eigenvalue weighted by atomic mass is 35.5. The molecular formula is C15H12ClFO. The van der Waals surface area contributed by atoms with Crippen LogP contribution < -0.4 is 0 Å². The number of hydrogen-bond acceptors (Lipinski definition) is 1. The van der Waals surface area contributed by atoms with Crippen LogP contribution in [-0.2, 0) is 0 Å². The smallest absolute Gasteiger partial charge is 0.180 e. The zero-order valence-electron chi connectivity index (χ0n) is 9.86. The molecule has 2 rings (SSSR count). The fourth-order valence-corrected chi connectivity index (χ4v) is 1.85. The summed E-state index contributed by atoms with van der Waals surface area (Å²) in [5.41, 5.74) is 2.22. The molecule has 0 fully saturated rings. The first-order valence-electron chi connectivity index (χ1n) is 5.62. The SMILES string of the molecule is CC(Cl)C(=O)c1ccc(-c2cccc(F)c2)cc1. The van der Waals surface area contributed by atoms with E-state index in [9.17, 15) is 9.18 Å². The summed E-state index contributed by atoms with van der Waals surface area (Å²) in [6.07, 6.45) is 0. The molecule has 1 atom stereocenters. The minimum atomic E-state index is -0.537. The Kier molecular flexibility index (Phi) is 3.78. The summed E-state index contributed by atoms with van der Waals surface area (Å²) in [4.78, 5) is 11.7. The number of Topliss-reactive ketones (excluding diaryl/α,β-unsaturated/α-hetero) is 1. The van der Waals surface area contributed by atoms with Crippen molar-refractivity contribution >= 4 is 17.4 Å². The number of hydrogen-bond donors (Lipinski definition) is 0. The molecule has 0 aliphatic carbocycles.